The fourth-order valence-corrected chi connectivity index (χ4v) is 1.97. The molecule has 0 spiro atoms. The zero-order valence-electron chi connectivity index (χ0n) is 11.8. The molecule has 0 saturated carbocycles. The molecule has 0 aliphatic carbocycles. The number of hydrogen-bond acceptors (Lipinski definition) is 4. The zero-order valence-corrected chi connectivity index (χ0v) is 12.6. The van der Waals surface area contributed by atoms with Crippen molar-refractivity contribution < 1.29 is 4.74 Å². The Hall–Kier alpha value is -2.45. The van der Waals surface area contributed by atoms with Gasteiger partial charge in [0.15, 0.2) is 11.4 Å². The van der Waals surface area contributed by atoms with Crippen molar-refractivity contribution in [1.82, 2.24) is 5.32 Å². The van der Waals surface area contributed by atoms with Crippen LogP contribution in [0, 0.1) is 18.4 Å². The van der Waals surface area contributed by atoms with Crippen LogP contribution in [0.25, 0.3) is 0 Å². The lowest BCUT2D eigenvalue weighted by Gasteiger charge is -2.06. The van der Waals surface area contributed by atoms with E-state index < -0.39 is 0 Å². The molecule has 0 unspecified atom stereocenters. The molecule has 0 aromatic heterocycles. The summed E-state index contributed by atoms with van der Waals surface area (Å²) in [7, 11) is 0. The predicted octanol–water partition coefficient (Wildman–Crippen LogP) is 4.21. The fourth-order valence-electron chi connectivity index (χ4n) is 1.62. The van der Waals surface area contributed by atoms with Crippen molar-refractivity contribution in [2.24, 2.45) is 4.99 Å². The van der Waals surface area contributed by atoms with Crippen molar-refractivity contribution >= 4 is 22.6 Å². The van der Waals surface area contributed by atoms with Crippen LogP contribution in [0.3, 0.4) is 0 Å². The third kappa shape index (κ3) is 4.55. The molecule has 0 radical (unpaired) electrons. The number of ether oxygens (including phenoxy) is 1. The third-order valence-corrected chi connectivity index (χ3v) is 3.26. The van der Waals surface area contributed by atoms with Gasteiger partial charge < -0.3 is 4.74 Å². The topological polar surface area (TPSA) is 57.4 Å². The summed E-state index contributed by atoms with van der Waals surface area (Å²) in [5.74, 6) is 1.55. The number of amidine groups is 1. The van der Waals surface area contributed by atoms with E-state index in [1.165, 1.54) is 17.3 Å². The maximum Gasteiger partial charge on any atom is 0.183 e. The molecular formula is C16H15N3OS. The van der Waals surface area contributed by atoms with Gasteiger partial charge in [-0.2, -0.15) is 5.26 Å². The van der Waals surface area contributed by atoms with Crippen molar-refractivity contribution in [3.8, 4) is 17.7 Å². The first-order valence-corrected chi connectivity index (χ1v) is 7.56. The highest BCUT2D eigenvalue weighted by atomic mass is 32.2. The average Bonchev–Trinajstić information content (AvgIpc) is 2.51. The molecule has 0 saturated heterocycles. The van der Waals surface area contributed by atoms with Crippen molar-refractivity contribution in [1.29, 1.82) is 5.26 Å². The molecule has 0 atom stereocenters. The number of thioether (sulfide) groups is 1. The van der Waals surface area contributed by atoms with Gasteiger partial charge >= 0.3 is 0 Å². The van der Waals surface area contributed by atoms with Gasteiger partial charge in [-0.25, -0.2) is 4.99 Å². The van der Waals surface area contributed by atoms with Crippen LogP contribution >= 0.6 is 11.8 Å². The van der Waals surface area contributed by atoms with Crippen molar-refractivity contribution in [3.63, 3.8) is 0 Å². The molecule has 2 aromatic rings. The number of hydrogen-bond donors (Lipinski definition) is 1. The van der Waals surface area contributed by atoms with E-state index >= 15 is 0 Å². The van der Waals surface area contributed by atoms with Gasteiger partial charge in [-0.15, -0.1) is 0 Å². The van der Waals surface area contributed by atoms with Crippen LogP contribution in [0.1, 0.15) is 5.56 Å². The Labute approximate surface area is 128 Å². The SMILES string of the molecule is CSC(=Nc1ccc(Oc2ccc(C)cc2)cc1)NC#N. The Morgan fingerprint density at radius 1 is 1.10 bits per heavy atom. The maximum absolute atomic E-state index is 8.60. The highest BCUT2D eigenvalue weighted by Gasteiger charge is 1.99. The molecular weight excluding hydrogens is 282 g/mol. The molecule has 0 heterocycles. The quantitative estimate of drug-likeness (QED) is 0.399. The predicted molar refractivity (Wildman–Crippen MR) is 87.1 cm³/mol. The Kier molecular flexibility index (Phi) is 5.24. The second kappa shape index (κ2) is 7.36. The first-order chi connectivity index (χ1) is 10.2. The summed E-state index contributed by atoms with van der Waals surface area (Å²) < 4.78 is 5.75. The summed E-state index contributed by atoms with van der Waals surface area (Å²) in [5.41, 5.74) is 1.96. The molecule has 0 fully saturated rings. The second-order valence-electron chi connectivity index (χ2n) is 4.27. The van der Waals surface area contributed by atoms with E-state index in [0.29, 0.717) is 5.17 Å². The monoisotopic (exact) mass is 297 g/mol. The van der Waals surface area contributed by atoms with E-state index in [1.807, 2.05) is 67.9 Å². The highest BCUT2D eigenvalue weighted by molar-refractivity contribution is 8.13. The van der Waals surface area contributed by atoms with Gasteiger partial charge in [-0.1, -0.05) is 29.5 Å². The maximum atomic E-state index is 8.60. The number of nitrogens with zero attached hydrogens (tertiary/aromatic N) is 2. The molecule has 0 aliphatic heterocycles. The minimum absolute atomic E-state index is 0.560. The van der Waals surface area contributed by atoms with Crippen LogP contribution in [-0.4, -0.2) is 11.4 Å². The van der Waals surface area contributed by atoms with Gasteiger partial charge in [-0.05, 0) is 49.6 Å². The van der Waals surface area contributed by atoms with Crippen LogP contribution in [0.5, 0.6) is 11.5 Å². The van der Waals surface area contributed by atoms with Gasteiger partial charge in [0, 0.05) is 0 Å². The first kappa shape index (κ1) is 14.9. The van der Waals surface area contributed by atoms with Crippen molar-refractivity contribution in [2.75, 3.05) is 6.26 Å². The molecule has 5 heteroatoms. The summed E-state index contributed by atoms with van der Waals surface area (Å²) in [5, 5.41) is 11.7. The van der Waals surface area contributed by atoms with E-state index in [2.05, 4.69) is 10.3 Å². The fraction of sp³-hybridized carbons (Fsp3) is 0.125. The summed E-state index contributed by atoms with van der Waals surface area (Å²) >= 11 is 1.38. The van der Waals surface area contributed by atoms with Gasteiger partial charge in [0.25, 0.3) is 0 Å². The molecule has 4 nitrogen and oxygen atoms in total. The Balaban J connectivity index is 2.08. The summed E-state index contributed by atoms with van der Waals surface area (Å²) in [4.78, 5) is 4.32. The molecule has 2 rings (SSSR count). The molecule has 0 bridgehead atoms. The second-order valence-corrected chi connectivity index (χ2v) is 5.06. The highest BCUT2D eigenvalue weighted by Crippen LogP contribution is 2.24. The minimum Gasteiger partial charge on any atom is -0.457 e. The number of nitriles is 1. The van der Waals surface area contributed by atoms with Crippen molar-refractivity contribution in [2.45, 2.75) is 6.92 Å². The largest absolute Gasteiger partial charge is 0.457 e. The van der Waals surface area contributed by atoms with E-state index in [-0.39, 0.29) is 0 Å². The summed E-state index contributed by atoms with van der Waals surface area (Å²) in [6.07, 6.45) is 3.72. The number of aliphatic imine (C=N–C) groups is 1. The lowest BCUT2D eigenvalue weighted by molar-refractivity contribution is 0.482. The van der Waals surface area contributed by atoms with Gasteiger partial charge in [0.2, 0.25) is 0 Å². The van der Waals surface area contributed by atoms with Crippen LogP contribution in [0.2, 0.25) is 0 Å². The minimum atomic E-state index is 0.560. The lowest BCUT2D eigenvalue weighted by atomic mass is 10.2. The van der Waals surface area contributed by atoms with Crippen LogP contribution in [0.4, 0.5) is 5.69 Å². The molecule has 0 aliphatic rings. The first-order valence-electron chi connectivity index (χ1n) is 6.33. The van der Waals surface area contributed by atoms with Gasteiger partial charge in [0.05, 0.1) is 5.69 Å². The van der Waals surface area contributed by atoms with E-state index in [4.69, 9.17) is 10.00 Å². The van der Waals surface area contributed by atoms with Crippen LogP contribution < -0.4 is 10.1 Å². The summed E-state index contributed by atoms with van der Waals surface area (Å²) in [6.45, 7) is 2.04. The lowest BCUT2D eigenvalue weighted by Crippen LogP contribution is -2.12. The third-order valence-electron chi connectivity index (χ3n) is 2.68. The molecule has 106 valence electrons. The number of rotatable bonds is 3. The molecule has 0 amide bonds. The van der Waals surface area contributed by atoms with Crippen molar-refractivity contribution in [3.05, 3.63) is 54.1 Å². The summed E-state index contributed by atoms with van der Waals surface area (Å²) in [6, 6.07) is 15.3. The van der Waals surface area contributed by atoms with E-state index in [9.17, 15) is 0 Å². The van der Waals surface area contributed by atoms with Crippen LogP contribution in [0.15, 0.2) is 53.5 Å². The normalized spacial score (nSPS) is 10.8. The molecule has 21 heavy (non-hydrogen) atoms. The smallest absolute Gasteiger partial charge is 0.183 e. The number of benzene rings is 2. The zero-order chi connectivity index (χ0) is 15.1. The Morgan fingerprint density at radius 2 is 1.67 bits per heavy atom. The van der Waals surface area contributed by atoms with Crippen LogP contribution in [-0.2, 0) is 0 Å². The van der Waals surface area contributed by atoms with E-state index in [0.717, 1.165) is 17.2 Å². The number of aryl methyl sites for hydroxylation is 1. The Bertz CT molecular complexity index is 657. The molecule has 1 N–H and O–H groups in total. The van der Waals surface area contributed by atoms with Gasteiger partial charge in [0.1, 0.15) is 11.5 Å². The Morgan fingerprint density at radius 3 is 2.19 bits per heavy atom. The standard InChI is InChI=1S/C16H15N3OS/c1-12-3-7-14(8-4-12)20-15-9-5-13(6-10-15)19-16(21-2)18-11-17/h3-10H,1-2H3,(H,18,19). The average molecular weight is 297 g/mol. The van der Waals surface area contributed by atoms with Gasteiger partial charge in [-0.3, -0.25) is 5.32 Å². The van der Waals surface area contributed by atoms with E-state index in [1.54, 1.807) is 0 Å². The molecule has 2 aromatic carbocycles. The number of nitrogens with one attached hydrogen (secondary N) is 1.